The number of hydrogen-bond acceptors (Lipinski definition) is 4. The van der Waals surface area contributed by atoms with Crippen LogP contribution in [0.4, 0.5) is 0 Å². The summed E-state index contributed by atoms with van der Waals surface area (Å²) in [5.41, 5.74) is 13.8. The Hall–Kier alpha value is -7.01. The molecule has 258 valence electrons. The zero-order valence-electron chi connectivity index (χ0n) is 29.8. The number of aromatic nitrogens is 3. The van der Waals surface area contributed by atoms with Crippen LogP contribution in [-0.2, 0) is 0 Å². The van der Waals surface area contributed by atoms with Gasteiger partial charge in [0, 0.05) is 43.5 Å². The molecule has 0 spiro atoms. The minimum Gasteiger partial charge on any atom is -0.246 e. The Bertz CT molecular complexity index is 2900. The predicted octanol–water partition coefficient (Wildman–Crippen LogP) is 13.9. The van der Waals surface area contributed by atoms with Crippen molar-refractivity contribution in [1.82, 2.24) is 15.0 Å². The molecule has 0 unspecified atom stereocenters. The summed E-state index contributed by atoms with van der Waals surface area (Å²) in [6.45, 7) is 0. The zero-order valence-corrected chi connectivity index (χ0v) is 30.6. The van der Waals surface area contributed by atoms with E-state index in [4.69, 9.17) is 15.0 Å². The molecule has 0 N–H and O–H groups in total. The van der Waals surface area contributed by atoms with Gasteiger partial charge in [0.2, 0.25) is 0 Å². The monoisotopic (exact) mass is 719 g/mol. The van der Waals surface area contributed by atoms with Crippen molar-refractivity contribution in [1.29, 1.82) is 0 Å². The predicted molar refractivity (Wildman–Crippen MR) is 231 cm³/mol. The molecule has 3 nitrogen and oxygen atoms in total. The fourth-order valence-electron chi connectivity index (χ4n) is 7.45. The van der Waals surface area contributed by atoms with Crippen molar-refractivity contribution in [2.45, 2.75) is 0 Å². The maximum Gasteiger partial charge on any atom is 0.160 e. The van der Waals surface area contributed by atoms with Gasteiger partial charge in [-0.25, -0.2) is 15.0 Å². The SMILES string of the molecule is c1ccc(-c2cc(-c3cccc(-c4cccc(-c5c(-c6ccccc6)sc6c(-c7ccccc7)nc7ccccc7c56)c4)c3)nc(-c3ccccc3)n2)cc1. The van der Waals surface area contributed by atoms with Crippen molar-refractivity contribution in [3.05, 3.63) is 200 Å². The number of fused-ring (bicyclic) bond motifs is 3. The fraction of sp³-hybridized carbons (Fsp3) is 0. The second kappa shape index (κ2) is 14.1. The molecule has 0 aliphatic rings. The molecular formula is C51H33N3S. The summed E-state index contributed by atoms with van der Waals surface area (Å²) in [6, 6.07) is 70.2. The number of benzene rings is 7. The van der Waals surface area contributed by atoms with Crippen molar-refractivity contribution in [2.24, 2.45) is 0 Å². The second-order valence-electron chi connectivity index (χ2n) is 13.6. The average Bonchev–Trinajstić information content (AvgIpc) is 3.69. The van der Waals surface area contributed by atoms with Crippen LogP contribution in [0.5, 0.6) is 0 Å². The Morgan fingerprint density at radius 3 is 1.51 bits per heavy atom. The van der Waals surface area contributed by atoms with Crippen LogP contribution in [0.15, 0.2) is 200 Å². The van der Waals surface area contributed by atoms with Crippen LogP contribution in [0.3, 0.4) is 0 Å². The van der Waals surface area contributed by atoms with Crippen LogP contribution in [0.1, 0.15) is 0 Å². The van der Waals surface area contributed by atoms with E-state index >= 15 is 0 Å². The van der Waals surface area contributed by atoms with Crippen LogP contribution in [0.25, 0.3) is 98.8 Å². The van der Waals surface area contributed by atoms with E-state index in [9.17, 15) is 0 Å². The Kier molecular flexibility index (Phi) is 8.36. The standard InChI is InChI=1S/C51H33N3S/c1-5-17-34(18-6-1)44-33-45(54-51(53-44)37-23-11-4-12-24-37)40-27-15-25-38(31-40)39-26-16-28-41(32-39)46-47-42-29-13-14-30-43(42)52-48(35-19-7-2-8-20-35)50(47)55-49(46)36-21-9-3-10-22-36/h1-33H. The van der Waals surface area contributed by atoms with E-state index in [0.717, 1.165) is 61.4 Å². The summed E-state index contributed by atoms with van der Waals surface area (Å²) in [5, 5.41) is 2.40. The van der Waals surface area contributed by atoms with E-state index < -0.39 is 0 Å². The topological polar surface area (TPSA) is 38.7 Å². The van der Waals surface area contributed by atoms with Gasteiger partial charge >= 0.3 is 0 Å². The lowest BCUT2D eigenvalue weighted by molar-refractivity contribution is 1.18. The lowest BCUT2D eigenvalue weighted by Gasteiger charge is -2.12. The Morgan fingerprint density at radius 2 is 0.836 bits per heavy atom. The molecule has 0 fully saturated rings. The Labute approximate surface area is 323 Å². The van der Waals surface area contributed by atoms with Crippen LogP contribution >= 0.6 is 11.3 Å². The van der Waals surface area contributed by atoms with Gasteiger partial charge in [0.1, 0.15) is 0 Å². The van der Waals surface area contributed by atoms with Crippen LogP contribution in [0, 0.1) is 0 Å². The first-order valence-electron chi connectivity index (χ1n) is 18.4. The molecule has 55 heavy (non-hydrogen) atoms. The zero-order chi connectivity index (χ0) is 36.6. The summed E-state index contributed by atoms with van der Waals surface area (Å²) in [5.74, 6) is 0.707. The quantitative estimate of drug-likeness (QED) is 0.165. The number of nitrogens with zero attached hydrogens (tertiary/aromatic N) is 3. The van der Waals surface area contributed by atoms with Gasteiger partial charge in [0.15, 0.2) is 5.82 Å². The minimum absolute atomic E-state index is 0.707. The van der Waals surface area contributed by atoms with E-state index in [-0.39, 0.29) is 0 Å². The molecule has 7 aromatic carbocycles. The van der Waals surface area contributed by atoms with Crippen molar-refractivity contribution >= 4 is 32.3 Å². The summed E-state index contributed by atoms with van der Waals surface area (Å²) in [6.07, 6.45) is 0. The summed E-state index contributed by atoms with van der Waals surface area (Å²) in [7, 11) is 0. The van der Waals surface area contributed by atoms with Gasteiger partial charge < -0.3 is 0 Å². The third kappa shape index (κ3) is 6.19. The van der Waals surface area contributed by atoms with Gasteiger partial charge in [-0.2, -0.15) is 0 Å². The number of hydrogen-bond donors (Lipinski definition) is 0. The molecule has 0 aliphatic carbocycles. The molecule has 0 atom stereocenters. The van der Waals surface area contributed by atoms with Gasteiger partial charge in [-0.05, 0) is 46.5 Å². The van der Waals surface area contributed by atoms with Gasteiger partial charge in [0.05, 0.1) is 27.3 Å². The lowest BCUT2D eigenvalue weighted by Crippen LogP contribution is -1.96. The molecule has 0 bridgehead atoms. The number of para-hydroxylation sites is 1. The van der Waals surface area contributed by atoms with E-state index in [1.54, 1.807) is 0 Å². The Balaban J connectivity index is 1.15. The first-order chi connectivity index (χ1) is 27.3. The van der Waals surface area contributed by atoms with Gasteiger partial charge in [0.25, 0.3) is 0 Å². The number of pyridine rings is 1. The highest BCUT2D eigenvalue weighted by Crippen LogP contribution is 2.50. The fourth-order valence-corrected chi connectivity index (χ4v) is 8.80. The molecule has 0 aliphatic heterocycles. The highest BCUT2D eigenvalue weighted by Gasteiger charge is 2.22. The first-order valence-corrected chi connectivity index (χ1v) is 19.3. The smallest absolute Gasteiger partial charge is 0.160 e. The van der Waals surface area contributed by atoms with Crippen molar-refractivity contribution < 1.29 is 0 Å². The van der Waals surface area contributed by atoms with Crippen LogP contribution in [0.2, 0.25) is 0 Å². The maximum atomic E-state index is 5.27. The van der Waals surface area contributed by atoms with Crippen molar-refractivity contribution in [2.75, 3.05) is 0 Å². The maximum absolute atomic E-state index is 5.27. The molecule has 10 rings (SSSR count). The molecule has 0 saturated carbocycles. The van der Waals surface area contributed by atoms with E-state index in [1.807, 2.05) is 35.6 Å². The normalized spacial score (nSPS) is 11.3. The molecule has 10 aromatic rings. The molecular weight excluding hydrogens is 687 g/mol. The summed E-state index contributed by atoms with van der Waals surface area (Å²) in [4.78, 5) is 16.6. The molecule has 0 amide bonds. The number of thiophene rings is 1. The molecule has 0 saturated heterocycles. The van der Waals surface area contributed by atoms with Crippen molar-refractivity contribution in [3.8, 4) is 77.9 Å². The lowest BCUT2D eigenvalue weighted by atomic mass is 9.93. The van der Waals surface area contributed by atoms with E-state index in [0.29, 0.717) is 5.82 Å². The van der Waals surface area contributed by atoms with Gasteiger partial charge in [-0.1, -0.05) is 176 Å². The highest BCUT2D eigenvalue weighted by molar-refractivity contribution is 7.23. The van der Waals surface area contributed by atoms with Gasteiger partial charge in [-0.15, -0.1) is 11.3 Å². The van der Waals surface area contributed by atoms with Crippen LogP contribution < -0.4 is 0 Å². The van der Waals surface area contributed by atoms with E-state index in [1.165, 1.54) is 31.7 Å². The molecule has 0 radical (unpaired) electrons. The highest BCUT2D eigenvalue weighted by atomic mass is 32.1. The summed E-state index contributed by atoms with van der Waals surface area (Å²) >= 11 is 1.83. The van der Waals surface area contributed by atoms with Crippen LogP contribution in [-0.4, -0.2) is 15.0 Å². The first kappa shape index (κ1) is 32.6. The third-order valence-electron chi connectivity index (χ3n) is 10.1. The summed E-state index contributed by atoms with van der Waals surface area (Å²) < 4.78 is 1.19. The number of rotatable bonds is 7. The van der Waals surface area contributed by atoms with Crippen molar-refractivity contribution in [3.63, 3.8) is 0 Å². The second-order valence-corrected chi connectivity index (χ2v) is 14.6. The average molecular weight is 720 g/mol. The van der Waals surface area contributed by atoms with Gasteiger partial charge in [-0.3, -0.25) is 0 Å². The third-order valence-corrected chi connectivity index (χ3v) is 11.3. The largest absolute Gasteiger partial charge is 0.246 e. The molecule has 3 heterocycles. The minimum atomic E-state index is 0.707. The van der Waals surface area contributed by atoms with E-state index in [2.05, 4.69) is 176 Å². The molecule has 3 aromatic heterocycles. The molecule has 4 heteroatoms. The Morgan fingerprint density at radius 1 is 0.345 bits per heavy atom.